The summed E-state index contributed by atoms with van der Waals surface area (Å²) in [5.74, 6) is -8.43. The van der Waals surface area contributed by atoms with Crippen molar-refractivity contribution in [2.24, 2.45) is 33.8 Å². The van der Waals surface area contributed by atoms with Crippen molar-refractivity contribution in [1.29, 1.82) is 0 Å². The summed E-state index contributed by atoms with van der Waals surface area (Å²) in [5.41, 5.74) is 24.9. The number of guanidine groups is 1. The number of carboxylic acids is 1. The van der Waals surface area contributed by atoms with Gasteiger partial charge in [0.2, 0.25) is 41.4 Å². The third-order valence-electron chi connectivity index (χ3n) is 10.6. The number of nitrogens with one attached hydrogen (secondary N) is 8. The van der Waals surface area contributed by atoms with E-state index in [0.717, 1.165) is 10.9 Å². The van der Waals surface area contributed by atoms with Crippen LogP contribution >= 0.6 is 0 Å². The van der Waals surface area contributed by atoms with Gasteiger partial charge in [-0.1, -0.05) is 50.2 Å². The number of aliphatic carboxylic acids is 1. The summed E-state index contributed by atoms with van der Waals surface area (Å²) in [7, 11) is 0. The Kier molecular flexibility index (Phi) is 18.5. The summed E-state index contributed by atoms with van der Waals surface area (Å²) < 4.78 is 0. The average molecular weight is 918 g/mol. The molecular weight excluding hydrogens is 859 g/mol. The number of rotatable bonds is 25. The molecule has 2 aromatic carbocycles. The van der Waals surface area contributed by atoms with Crippen molar-refractivity contribution in [2.45, 2.75) is 95.2 Å². The molecule has 0 unspecified atom stereocenters. The smallest absolute Gasteiger partial charge is 0.325 e. The van der Waals surface area contributed by atoms with Crippen LogP contribution < -0.4 is 54.8 Å². The van der Waals surface area contributed by atoms with E-state index < -0.39 is 103 Å². The summed E-state index contributed by atoms with van der Waals surface area (Å²) in [5, 5.41) is 35.8. The molecule has 0 fully saturated rings. The first kappa shape index (κ1) is 51.1. The summed E-state index contributed by atoms with van der Waals surface area (Å²) in [6.45, 7) is 3.75. The minimum atomic E-state index is -1.75. The minimum Gasteiger partial charge on any atom is -0.480 e. The molecule has 0 bridgehead atoms. The molecule has 7 atom stereocenters. The molecule has 2 aromatic heterocycles. The molecule has 0 spiro atoms. The zero-order valence-corrected chi connectivity index (χ0v) is 36.8. The first-order valence-electron chi connectivity index (χ1n) is 21.1. The number of aliphatic imine (C=N–C) groups is 1. The monoisotopic (exact) mass is 917 g/mol. The van der Waals surface area contributed by atoms with Gasteiger partial charge in [0.05, 0.1) is 19.1 Å². The third-order valence-corrected chi connectivity index (χ3v) is 10.6. The number of nitrogens with zero attached hydrogens (tertiary/aromatic N) is 1. The Bertz CT molecular complexity index is 2410. The number of benzene rings is 2. The highest BCUT2D eigenvalue weighted by Gasteiger charge is 2.35. The van der Waals surface area contributed by atoms with Crippen LogP contribution in [0.2, 0.25) is 0 Å². The number of primary amides is 1. The number of hydrogen-bond donors (Lipinski definition) is 14. The molecule has 2 heterocycles. The number of aliphatic hydroxyl groups is 1. The van der Waals surface area contributed by atoms with Crippen LogP contribution in [-0.2, 0) is 51.2 Å². The molecule has 4 rings (SSSR count). The lowest BCUT2D eigenvalue weighted by molar-refractivity contribution is -0.141. The van der Waals surface area contributed by atoms with Crippen LogP contribution in [0.25, 0.3) is 21.8 Å². The minimum absolute atomic E-state index is 0.00969. The van der Waals surface area contributed by atoms with E-state index in [1.807, 2.05) is 6.07 Å². The fourth-order valence-corrected chi connectivity index (χ4v) is 6.87. The van der Waals surface area contributed by atoms with Gasteiger partial charge >= 0.3 is 5.97 Å². The third kappa shape index (κ3) is 14.5. The Balaban J connectivity index is 1.65. The lowest BCUT2D eigenvalue weighted by Gasteiger charge is -2.27. The van der Waals surface area contributed by atoms with Crippen molar-refractivity contribution in [2.75, 3.05) is 13.2 Å². The number of fused-ring (bicyclic) bond motifs is 2. The molecule has 23 heteroatoms. The van der Waals surface area contributed by atoms with Crippen molar-refractivity contribution < 1.29 is 48.6 Å². The van der Waals surface area contributed by atoms with Gasteiger partial charge in [0.1, 0.15) is 36.3 Å². The number of H-pyrrole nitrogens is 2. The van der Waals surface area contributed by atoms with E-state index in [9.17, 15) is 48.6 Å². The molecule has 18 N–H and O–H groups in total. The predicted molar refractivity (Wildman–Crippen MR) is 243 cm³/mol. The largest absolute Gasteiger partial charge is 0.480 e. The number of hydrogen-bond acceptors (Lipinski definition) is 11. The van der Waals surface area contributed by atoms with Crippen LogP contribution in [0.3, 0.4) is 0 Å². The fraction of sp³-hybridized carbons (Fsp3) is 0.419. The number of nitrogens with two attached hydrogens (primary N) is 4. The zero-order valence-electron chi connectivity index (χ0n) is 36.8. The molecule has 0 aliphatic carbocycles. The van der Waals surface area contributed by atoms with E-state index in [2.05, 4.69) is 46.9 Å². The summed E-state index contributed by atoms with van der Waals surface area (Å²) in [4.78, 5) is 117. The first-order chi connectivity index (χ1) is 31.3. The van der Waals surface area contributed by atoms with Crippen molar-refractivity contribution in [1.82, 2.24) is 41.9 Å². The number of aromatic nitrogens is 2. The second-order valence-corrected chi connectivity index (χ2v) is 16.1. The van der Waals surface area contributed by atoms with Gasteiger partial charge in [-0.3, -0.25) is 43.3 Å². The highest BCUT2D eigenvalue weighted by atomic mass is 16.4. The van der Waals surface area contributed by atoms with E-state index in [-0.39, 0.29) is 44.1 Å². The predicted octanol–water partition coefficient (Wildman–Crippen LogP) is -2.65. The molecule has 0 saturated carbocycles. The number of carbonyl (C=O) groups excluding carboxylic acids is 7. The molecule has 4 aromatic rings. The van der Waals surface area contributed by atoms with E-state index in [0.29, 0.717) is 22.0 Å². The molecule has 0 aliphatic heterocycles. The SMILES string of the molecule is CC(C)[C@H](N)C(=O)N[C@@H](CO)C(=O)N[C@@H](CCCN=C(N)N)C(=O)N[C@@H](CC(N)=O)C(=O)N[C@@H](Cc1c[nH]c2ccccc12)C(=O)N[C@@H](Cc1c[nH]c2ccccc12)C(=O)N[C@@H](C)C(=O)O. The van der Waals surface area contributed by atoms with Gasteiger partial charge in [-0.2, -0.15) is 0 Å². The maximum atomic E-state index is 14.5. The Hall–Kier alpha value is -7.53. The van der Waals surface area contributed by atoms with Crippen LogP contribution in [0.4, 0.5) is 0 Å². The zero-order chi connectivity index (χ0) is 48.7. The molecule has 66 heavy (non-hydrogen) atoms. The number of carboxylic acid groups (broad SMARTS) is 1. The summed E-state index contributed by atoms with van der Waals surface area (Å²) >= 11 is 0. The number of aliphatic hydroxyl groups excluding tert-OH is 1. The van der Waals surface area contributed by atoms with Crippen LogP contribution in [0.1, 0.15) is 51.2 Å². The Morgan fingerprint density at radius 2 is 1.06 bits per heavy atom. The van der Waals surface area contributed by atoms with E-state index in [4.69, 9.17) is 22.9 Å². The van der Waals surface area contributed by atoms with E-state index in [1.165, 1.54) is 6.92 Å². The number of para-hydroxylation sites is 2. The topological polar surface area (TPSA) is 397 Å². The molecule has 0 aliphatic rings. The number of aromatic amines is 2. The second kappa shape index (κ2) is 24.0. The maximum Gasteiger partial charge on any atom is 0.325 e. The first-order valence-corrected chi connectivity index (χ1v) is 21.1. The molecule has 0 radical (unpaired) electrons. The standard InChI is InChI=1S/C43H59N13O10/c1-21(2)35(45)41(64)56-33(20-57)40(63)52-29(13-8-14-48-43(46)47)36(59)55-32(17-34(44)58)39(62)54-31(16-24-19-50-28-12-7-5-10-26(24)28)38(61)53-30(37(60)51-22(3)42(65)66)15-23-18-49-27-11-6-4-9-25(23)27/h4-7,9-12,18-19,21-22,29-33,35,49-50,57H,8,13-17,20,45H2,1-3H3,(H2,44,58)(H,51,60)(H,52,63)(H,53,61)(H,54,62)(H,55,59)(H,56,64)(H,65,66)(H4,46,47,48)/t22-,29-,30-,31-,32-,33-,35-/m0/s1. The van der Waals surface area contributed by atoms with E-state index >= 15 is 0 Å². The second-order valence-electron chi connectivity index (χ2n) is 16.1. The van der Waals surface area contributed by atoms with Crippen molar-refractivity contribution in [3.63, 3.8) is 0 Å². The highest BCUT2D eigenvalue weighted by Crippen LogP contribution is 2.21. The molecular formula is C43H59N13O10. The summed E-state index contributed by atoms with van der Waals surface area (Å²) in [6.07, 6.45) is 2.14. The van der Waals surface area contributed by atoms with E-state index in [1.54, 1.807) is 68.7 Å². The Morgan fingerprint density at radius 1 is 0.621 bits per heavy atom. The van der Waals surface area contributed by atoms with Crippen LogP contribution in [0.5, 0.6) is 0 Å². The Labute approximate surface area is 379 Å². The van der Waals surface area contributed by atoms with Gasteiger partial charge in [0.25, 0.3) is 0 Å². The summed E-state index contributed by atoms with van der Waals surface area (Å²) in [6, 6.07) is 4.33. The van der Waals surface area contributed by atoms with Gasteiger partial charge < -0.3 is 75.0 Å². The molecule has 7 amide bonds. The van der Waals surface area contributed by atoms with Crippen molar-refractivity contribution in [3.05, 3.63) is 72.1 Å². The van der Waals surface area contributed by atoms with Gasteiger partial charge in [-0.15, -0.1) is 0 Å². The quantitative estimate of drug-likeness (QED) is 0.0184. The highest BCUT2D eigenvalue weighted by molar-refractivity contribution is 5.99. The van der Waals surface area contributed by atoms with Gasteiger partial charge in [0, 0.05) is 53.6 Å². The van der Waals surface area contributed by atoms with Gasteiger partial charge in [-0.05, 0) is 48.9 Å². The average Bonchev–Trinajstić information content (AvgIpc) is 3.88. The van der Waals surface area contributed by atoms with Crippen molar-refractivity contribution >= 4 is 75.1 Å². The molecule has 356 valence electrons. The maximum absolute atomic E-state index is 14.5. The molecule has 23 nitrogen and oxygen atoms in total. The van der Waals surface area contributed by atoms with Crippen molar-refractivity contribution in [3.8, 4) is 0 Å². The number of amides is 7. The normalized spacial score (nSPS) is 14.4. The lowest BCUT2D eigenvalue weighted by atomic mass is 10.0. The van der Waals surface area contributed by atoms with Crippen LogP contribution in [0.15, 0.2) is 65.9 Å². The van der Waals surface area contributed by atoms with Crippen LogP contribution in [-0.4, -0.2) is 129 Å². The van der Waals surface area contributed by atoms with Crippen LogP contribution in [0, 0.1) is 5.92 Å². The number of carbonyl (C=O) groups is 8. The van der Waals surface area contributed by atoms with Gasteiger partial charge in [0.15, 0.2) is 5.96 Å². The van der Waals surface area contributed by atoms with Gasteiger partial charge in [-0.25, -0.2) is 0 Å². The fourth-order valence-electron chi connectivity index (χ4n) is 6.87. The lowest BCUT2D eigenvalue weighted by Crippen LogP contribution is -2.61. The Morgan fingerprint density at radius 3 is 1.55 bits per heavy atom. The molecule has 0 saturated heterocycles.